The number of rotatable bonds is 11. The molecule has 0 heteroatoms. The van der Waals surface area contributed by atoms with Crippen molar-refractivity contribution < 1.29 is 0 Å². The molecule has 134 valence electrons. The minimum atomic E-state index is 0.801. The third-order valence-electron chi connectivity index (χ3n) is 7.12. The maximum atomic E-state index is 2.56. The Morgan fingerprint density at radius 2 is 1.05 bits per heavy atom. The first-order valence-electron chi connectivity index (χ1n) is 10.3. The standard InChI is InChI=1S/C22H46/c1-11-16(7)22(15(5)6)19(10)21(14-4)18(9)17(8)20(12-2)13-3/h15-22H,11-14H2,1-10H3. The molecule has 0 nitrogen and oxygen atoms in total. The van der Waals surface area contributed by atoms with Crippen LogP contribution in [0, 0.1) is 47.3 Å². The highest BCUT2D eigenvalue weighted by atomic mass is 14.4. The molecular formula is C22H46. The fourth-order valence-corrected chi connectivity index (χ4v) is 5.41. The van der Waals surface area contributed by atoms with E-state index in [0.29, 0.717) is 0 Å². The van der Waals surface area contributed by atoms with E-state index < -0.39 is 0 Å². The van der Waals surface area contributed by atoms with Crippen LogP contribution in [0.15, 0.2) is 0 Å². The van der Waals surface area contributed by atoms with Crippen LogP contribution in [0.1, 0.15) is 94.9 Å². The van der Waals surface area contributed by atoms with E-state index in [1.807, 2.05) is 0 Å². The van der Waals surface area contributed by atoms with Crippen LogP contribution in [-0.2, 0) is 0 Å². The van der Waals surface area contributed by atoms with E-state index in [0.717, 1.165) is 47.3 Å². The highest BCUT2D eigenvalue weighted by molar-refractivity contribution is 4.84. The molecule has 0 radical (unpaired) electrons. The summed E-state index contributed by atoms with van der Waals surface area (Å²) in [5.74, 6) is 6.82. The Labute approximate surface area is 142 Å². The monoisotopic (exact) mass is 310 g/mol. The molecule has 22 heavy (non-hydrogen) atoms. The van der Waals surface area contributed by atoms with Crippen molar-refractivity contribution in [2.45, 2.75) is 94.9 Å². The zero-order valence-electron chi connectivity index (χ0n) is 17.4. The molecule has 6 unspecified atom stereocenters. The topological polar surface area (TPSA) is 0 Å². The summed E-state index contributed by atoms with van der Waals surface area (Å²) < 4.78 is 0. The van der Waals surface area contributed by atoms with Gasteiger partial charge in [-0.25, -0.2) is 0 Å². The molecular weight excluding hydrogens is 264 g/mol. The molecule has 0 aliphatic heterocycles. The fraction of sp³-hybridized carbons (Fsp3) is 1.00. The SMILES string of the molecule is CCC(C)C(C(C)C)C(C)C(CC)C(C)C(C)C(CC)CC. The van der Waals surface area contributed by atoms with E-state index in [4.69, 9.17) is 0 Å². The third-order valence-corrected chi connectivity index (χ3v) is 7.12. The van der Waals surface area contributed by atoms with Gasteiger partial charge in [0.05, 0.1) is 0 Å². The first-order valence-corrected chi connectivity index (χ1v) is 10.3. The molecule has 0 spiro atoms. The predicted octanol–water partition coefficient (Wildman–Crippen LogP) is 7.68. The molecule has 0 saturated heterocycles. The van der Waals surface area contributed by atoms with Gasteiger partial charge in [0.2, 0.25) is 0 Å². The molecule has 0 saturated carbocycles. The third kappa shape index (κ3) is 5.57. The molecule has 0 bridgehead atoms. The van der Waals surface area contributed by atoms with Gasteiger partial charge >= 0.3 is 0 Å². The lowest BCUT2D eigenvalue weighted by Crippen LogP contribution is -2.35. The van der Waals surface area contributed by atoms with E-state index >= 15 is 0 Å². The zero-order valence-corrected chi connectivity index (χ0v) is 17.4. The minimum Gasteiger partial charge on any atom is -0.0651 e. The predicted molar refractivity (Wildman–Crippen MR) is 103 cm³/mol. The number of hydrogen-bond acceptors (Lipinski definition) is 0. The van der Waals surface area contributed by atoms with Gasteiger partial charge in [0, 0.05) is 0 Å². The van der Waals surface area contributed by atoms with Gasteiger partial charge in [-0.15, -0.1) is 0 Å². The summed E-state index contributed by atoms with van der Waals surface area (Å²) in [6.45, 7) is 24.5. The Morgan fingerprint density at radius 1 is 0.545 bits per heavy atom. The average molecular weight is 311 g/mol. The molecule has 0 aliphatic rings. The smallest absolute Gasteiger partial charge is 0.0337 e. The van der Waals surface area contributed by atoms with Crippen LogP contribution < -0.4 is 0 Å². The minimum absolute atomic E-state index is 0.801. The first kappa shape index (κ1) is 22.0. The largest absolute Gasteiger partial charge is 0.0651 e. The van der Waals surface area contributed by atoms with Crippen molar-refractivity contribution in [2.24, 2.45) is 47.3 Å². The lowest BCUT2D eigenvalue weighted by molar-refractivity contribution is 0.0662. The van der Waals surface area contributed by atoms with Gasteiger partial charge in [-0.3, -0.25) is 0 Å². The maximum Gasteiger partial charge on any atom is -0.0337 e. The average Bonchev–Trinajstić information content (AvgIpc) is 2.48. The van der Waals surface area contributed by atoms with Crippen LogP contribution in [0.3, 0.4) is 0 Å². The van der Waals surface area contributed by atoms with Gasteiger partial charge < -0.3 is 0 Å². The Hall–Kier alpha value is 0. The van der Waals surface area contributed by atoms with Crippen LogP contribution in [0.5, 0.6) is 0 Å². The number of hydrogen-bond donors (Lipinski definition) is 0. The molecule has 0 aromatic carbocycles. The first-order chi connectivity index (χ1) is 10.3. The van der Waals surface area contributed by atoms with E-state index in [9.17, 15) is 0 Å². The molecule has 0 fully saturated rings. The van der Waals surface area contributed by atoms with Crippen molar-refractivity contribution in [3.05, 3.63) is 0 Å². The van der Waals surface area contributed by atoms with Crippen LogP contribution in [0.25, 0.3) is 0 Å². The molecule has 0 N–H and O–H groups in total. The van der Waals surface area contributed by atoms with Crippen molar-refractivity contribution >= 4 is 0 Å². The van der Waals surface area contributed by atoms with Crippen LogP contribution in [0.4, 0.5) is 0 Å². The summed E-state index contributed by atoms with van der Waals surface area (Å²) in [6, 6.07) is 0. The quantitative estimate of drug-likeness (QED) is 0.367. The Kier molecular flexibility index (Phi) is 10.7. The van der Waals surface area contributed by atoms with Crippen molar-refractivity contribution in [3.63, 3.8) is 0 Å². The molecule has 0 amide bonds. The van der Waals surface area contributed by atoms with Crippen LogP contribution in [0.2, 0.25) is 0 Å². The van der Waals surface area contributed by atoms with E-state index in [1.165, 1.54) is 25.7 Å². The highest BCUT2D eigenvalue weighted by Crippen LogP contribution is 2.42. The van der Waals surface area contributed by atoms with Crippen molar-refractivity contribution in [1.29, 1.82) is 0 Å². The molecule has 0 rings (SSSR count). The fourth-order valence-electron chi connectivity index (χ4n) is 5.41. The lowest BCUT2D eigenvalue weighted by Gasteiger charge is -2.42. The Balaban J connectivity index is 5.20. The summed E-state index contributed by atoms with van der Waals surface area (Å²) >= 11 is 0. The van der Waals surface area contributed by atoms with Crippen LogP contribution in [-0.4, -0.2) is 0 Å². The summed E-state index contributed by atoms with van der Waals surface area (Å²) in [5.41, 5.74) is 0. The molecule has 0 heterocycles. The van der Waals surface area contributed by atoms with Gasteiger partial charge in [-0.2, -0.15) is 0 Å². The molecule has 0 aromatic heterocycles. The van der Waals surface area contributed by atoms with Crippen molar-refractivity contribution in [2.75, 3.05) is 0 Å². The van der Waals surface area contributed by atoms with Crippen LogP contribution >= 0.6 is 0 Å². The van der Waals surface area contributed by atoms with Gasteiger partial charge in [0.25, 0.3) is 0 Å². The maximum absolute atomic E-state index is 2.56. The lowest BCUT2D eigenvalue weighted by atomic mass is 9.63. The summed E-state index contributed by atoms with van der Waals surface area (Å²) in [7, 11) is 0. The highest BCUT2D eigenvalue weighted by Gasteiger charge is 2.35. The van der Waals surface area contributed by atoms with E-state index in [-0.39, 0.29) is 0 Å². The zero-order chi connectivity index (χ0) is 17.4. The van der Waals surface area contributed by atoms with Crippen molar-refractivity contribution in [1.82, 2.24) is 0 Å². The Bertz CT molecular complexity index is 263. The second kappa shape index (κ2) is 10.7. The van der Waals surface area contributed by atoms with E-state index in [2.05, 4.69) is 69.2 Å². The van der Waals surface area contributed by atoms with Gasteiger partial charge in [0.1, 0.15) is 0 Å². The van der Waals surface area contributed by atoms with Gasteiger partial charge in [0.15, 0.2) is 0 Å². The molecule has 0 aromatic rings. The molecule has 6 atom stereocenters. The summed E-state index contributed by atoms with van der Waals surface area (Å²) in [4.78, 5) is 0. The van der Waals surface area contributed by atoms with Crippen molar-refractivity contribution in [3.8, 4) is 0 Å². The second-order valence-electron chi connectivity index (χ2n) is 8.43. The summed E-state index contributed by atoms with van der Waals surface area (Å²) in [5, 5.41) is 0. The molecule has 0 aliphatic carbocycles. The normalized spacial score (nSPS) is 20.7. The Morgan fingerprint density at radius 3 is 1.36 bits per heavy atom. The van der Waals surface area contributed by atoms with Gasteiger partial charge in [-0.05, 0) is 47.3 Å². The van der Waals surface area contributed by atoms with E-state index in [1.54, 1.807) is 0 Å². The summed E-state index contributed by atoms with van der Waals surface area (Å²) in [6.07, 6.45) is 5.34. The van der Waals surface area contributed by atoms with Gasteiger partial charge in [-0.1, -0.05) is 94.9 Å². The second-order valence-corrected chi connectivity index (χ2v) is 8.43.